The van der Waals surface area contributed by atoms with Crippen LogP contribution in [-0.4, -0.2) is 41.7 Å². The number of hydrogen-bond donors (Lipinski definition) is 3. The molecule has 0 fully saturated rings. The smallest absolute Gasteiger partial charge is 0.226 e. The molecule has 3 rings (SSSR count). The highest BCUT2D eigenvalue weighted by molar-refractivity contribution is 5.83. The molecule has 0 atom stereocenters. The number of nitrogens with one attached hydrogen (secondary N) is 3. The number of hydrogen-bond acceptors (Lipinski definition) is 7. The van der Waals surface area contributed by atoms with E-state index >= 15 is 0 Å². The van der Waals surface area contributed by atoms with Gasteiger partial charge in [0.25, 0.3) is 0 Å². The zero-order chi connectivity index (χ0) is 13.2. The molecule has 0 unspecified atom stereocenters. The maximum atomic E-state index is 4.36. The Morgan fingerprint density at radius 1 is 1.37 bits per heavy atom. The van der Waals surface area contributed by atoms with Crippen LogP contribution >= 0.6 is 0 Å². The second kappa shape index (κ2) is 4.52. The first-order valence-electron chi connectivity index (χ1n) is 5.73. The number of fused-ring (bicyclic) bond motifs is 1. The fourth-order valence-corrected chi connectivity index (χ4v) is 1.70. The van der Waals surface area contributed by atoms with Gasteiger partial charge in [0.15, 0.2) is 17.3 Å². The van der Waals surface area contributed by atoms with Gasteiger partial charge in [-0.1, -0.05) is 0 Å². The van der Waals surface area contributed by atoms with E-state index in [0.717, 1.165) is 11.3 Å². The zero-order valence-electron chi connectivity index (χ0n) is 10.5. The van der Waals surface area contributed by atoms with E-state index in [1.165, 1.54) is 0 Å². The van der Waals surface area contributed by atoms with Crippen LogP contribution in [0.25, 0.3) is 11.2 Å². The molecular weight excluding hydrogens is 246 g/mol. The third-order valence-corrected chi connectivity index (χ3v) is 2.73. The first-order chi connectivity index (χ1) is 9.28. The molecule has 9 nitrogen and oxygen atoms in total. The van der Waals surface area contributed by atoms with Gasteiger partial charge in [0, 0.05) is 14.1 Å². The Bertz CT molecular complexity index is 698. The van der Waals surface area contributed by atoms with E-state index in [1.807, 2.05) is 11.6 Å². The Morgan fingerprint density at radius 3 is 3.00 bits per heavy atom. The van der Waals surface area contributed by atoms with Crippen LogP contribution in [0.5, 0.6) is 0 Å². The van der Waals surface area contributed by atoms with E-state index in [0.29, 0.717) is 24.0 Å². The molecule has 3 aromatic rings. The van der Waals surface area contributed by atoms with Crippen LogP contribution in [0.2, 0.25) is 0 Å². The molecule has 3 aromatic heterocycles. The second-order valence-electron chi connectivity index (χ2n) is 3.96. The van der Waals surface area contributed by atoms with Crippen LogP contribution in [0, 0.1) is 0 Å². The van der Waals surface area contributed by atoms with Crippen molar-refractivity contribution in [3.05, 3.63) is 18.5 Å². The summed E-state index contributed by atoms with van der Waals surface area (Å²) in [5.41, 5.74) is 1.38. The number of imidazole rings is 1. The quantitative estimate of drug-likeness (QED) is 0.611. The summed E-state index contributed by atoms with van der Waals surface area (Å²) in [5, 5.41) is 13.9. The summed E-state index contributed by atoms with van der Waals surface area (Å²) in [4.78, 5) is 15.7. The maximum Gasteiger partial charge on any atom is 0.226 e. The second-order valence-corrected chi connectivity index (χ2v) is 3.96. The van der Waals surface area contributed by atoms with E-state index in [1.54, 1.807) is 19.7 Å². The van der Waals surface area contributed by atoms with Gasteiger partial charge < -0.3 is 20.2 Å². The number of nitrogens with zero attached hydrogens (tertiary/aromatic N) is 6. The highest BCUT2D eigenvalue weighted by Gasteiger charge is 2.10. The van der Waals surface area contributed by atoms with Crippen LogP contribution in [-0.2, 0) is 13.6 Å². The SMILES string of the molecule is CNc1nc(NCc2nncn2C)c2[nH]cnc2n1. The molecule has 0 spiro atoms. The van der Waals surface area contributed by atoms with Crippen molar-refractivity contribution in [2.75, 3.05) is 17.7 Å². The van der Waals surface area contributed by atoms with Crippen LogP contribution in [0.4, 0.5) is 11.8 Å². The van der Waals surface area contributed by atoms with Crippen molar-refractivity contribution in [2.45, 2.75) is 6.54 Å². The fourth-order valence-electron chi connectivity index (χ4n) is 1.70. The number of anilines is 2. The highest BCUT2D eigenvalue weighted by Crippen LogP contribution is 2.18. The first kappa shape index (κ1) is 11.4. The van der Waals surface area contributed by atoms with Gasteiger partial charge in [-0.15, -0.1) is 10.2 Å². The molecule has 0 aliphatic heterocycles. The Hall–Kier alpha value is -2.71. The van der Waals surface area contributed by atoms with Crippen molar-refractivity contribution in [3.8, 4) is 0 Å². The minimum absolute atomic E-state index is 0.514. The van der Waals surface area contributed by atoms with E-state index < -0.39 is 0 Å². The lowest BCUT2D eigenvalue weighted by Gasteiger charge is -2.07. The molecule has 0 saturated carbocycles. The van der Waals surface area contributed by atoms with E-state index in [2.05, 4.69) is 40.8 Å². The average molecular weight is 259 g/mol. The number of aromatic amines is 1. The lowest BCUT2D eigenvalue weighted by atomic mass is 10.4. The van der Waals surface area contributed by atoms with Gasteiger partial charge in [0.1, 0.15) is 11.8 Å². The van der Waals surface area contributed by atoms with Crippen molar-refractivity contribution < 1.29 is 0 Å². The van der Waals surface area contributed by atoms with Crippen molar-refractivity contribution in [1.29, 1.82) is 0 Å². The minimum atomic E-state index is 0.514. The predicted octanol–water partition coefficient (Wildman–Crippen LogP) is 0.135. The predicted molar refractivity (Wildman–Crippen MR) is 69.6 cm³/mol. The van der Waals surface area contributed by atoms with Gasteiger partial charge in [-0.2, -0.15) is 9.97 Å². The van der Waals surface area contributed by atoms with Crippen LogP contribution in [0.3, 0.4) is 0 Å². The van der Waals surface area contributed by atoms with Crippen molar-refractivity contribution >= 4 is 22.9 Å². The molecule has 0 aliphatic carbocycles. The van der Waals surface area contributed by atoms with Gasteiger partial charge in [-0.3, -0.25) is 0 Å². The summed E-state index contributed by atoms with van der Waals surface area (Å²) in [6.45, 7) is 0.519. The van der Waals surface area contributed by atoms with Gasteiger partial charge in [0.05, 0.1) is 12.9 Å². The molecule has 0 aromatic carbocycles. The maximum absolute atomic E-state index is 4.36. The molecule has 0 saturated heterocycles. The Balaban J connectivity index is 1.91. The molecule has 9 heteroatoms. The monoisotopic (exact) mass is 259 g/mol. The summed E-state index contributed by atoms with van der Waals surface area (Å²) in [7, 11) is 3.65. The third-order valence-electron chi connectivity index (χ3n) is 2.73. The summed E-state index contributed by atoms with van der Waals surface area (Å²) in [6.07, 6.45) is 3.24. The van der Waals surface area contributed by atoms with Crippen LogP contribution in [0.15, 0.2) is 12.7 Å². The number of rotatable bonds is 4. The summed E-state index contributed by atoms with van der Waals surface area (Å²) < 4.78 is 1.84. The molecule has 98 valence electrons. The summed E-state index contributed by atoms with van der Waals surface area (Å²) >= 11 is 0. The van der Waals surface area contributed by atoms with E-state index in [9.17, 15) is 0 Å². The Labute approximate surface area is 108 Å². The van der Waals surface area contributed by atoms with Crippen LogP contribution < -0.4 is 10.6 Å². The third kappa shape index (κ3) is 2.05. The van der Waals surface area contributed by atoms with Gasteiger partial charge in [-0.25, -0.2) is 4.98 Å². The number of aromatic nitrogens is 7. The van der Waals surface area contributed by atoms with Crippen LogP contribution in [0.1, 0.15) is 5.82 Å². The summed E-state index contributed by atoms with van der Waals surface area (Å²) in [6, 6.07) is 0. The van der Waals surface area contributed by atoms with Crippen molar-refractivity contribution in [2.24, 2.45) is 7.05 Å². The first-order valence-corrected chi connectivity index (χ1v) is 5.73. The zero-order valence-corrected chi connectivity index (χ0v) is 10.5. The Morgan fingerprint density at radius 2 is 2.26 bits per heavy atom. The number of H-pyrrole nitrogens is 1. The van der Waals surface area contributed by atoms with Gasteiger partial charge >= 0.3 is 0 Å². The normalized spacial score (nSPS) is 10.8. The fraction of sp³-hybridized carbons (Fsp3) is 0.300. The standard InChI is InChI=1S/C10H13N9/c1-11-10-16-8(7-9(17-10)14-4-13-7)12-3-6-18-15-5-19(6)2/h4-5H,3H2,1-2H3,(H3,11,12,13,14,16,17). The lowest BCUT2D eigenvalue weighted by Crippen LogP contribution is -2.09. The Kier molecular flexibility index (Phi) is 2.71. The minimum Gasteiger partial charge on any atom is -0.361 e. The largest absolute Gasteiger partial charge is 0.361 e. The van der Waals surface area contributed by atoms with Gasteiger partial charge in [-0.05, 0) is 0 Å². The van der Waals surface area contributed by atoms with E-state index in [-0.39, 0.29) is 0 Å². The molecule has 3 N–H and O–H groups in total. The van der Waals surface area contributed by atoms with Crippen molar-refractivity contribution in [3.63, 3.8) is 0 Å². The molecule has 0 amide bonds. The average Bonchev–Trinajstić information content (AvgIpc) is 3.04. The topological polar surface area (TPSA) is 109 Å². The molecule has 0 aliphatic rings. The molecule has 0 bridgehead atoms. The summed E-state index contributed by atoms with van der Waals surface area (Å²) in [5.74, 6) is 2.01. The molecular formula is C10H13N9. The lowest BCUT2D eigenvalue weighted by molar-refractivity contribution is 0.810. The van der Waals surface area contributed by atoms with E-state index in [4.69, 9.17) is 0 Å². The molecule has 3 heterocycles. The molecule has 19 heavy (non-hydrogen) atoms. The molecule has 0 radical (unpaired) electrons. The van der Waals surface area contributed by atoms with Gasteiger partial charge in [0.2, 0.25) is 5.95 Å². The van der Waals surface area contributed by atoms with Crippen molar-refractivity contribution in [1.82, 2.24) is 34.7 Å². The highest BCUT2D eigenvalue weighted by atomic mass is 15.3. The number of aryl methyl sites for hydroxylation is 1.